The Labute approximate surface area is 107 Å². The Bertz CT molecular complexity index is 353. The number of nitrogens with one attached hydrogen (secondary N) is 2. The van der Waals surface area contributed by atoms with Crippen LogP contribution in [0.5, 0.6) is 0 Å². The highest BCUT2D eigenvalue weighted by molar-refractivity contribution is 5.74. The van der Waals surface area contributed by atoms with Crippen LogP contribution in [0, 0.1) is 5.41 Å². The summed E-state index contributed by atoms with van der Waals surface area (Å²) in [7, 11) is 0. The number of urea groups is 1. The van der Waals surface area contributed by atoms with Crippen LogP contribution < -0.4 is 10.6 Å². The lowest BCUT2D eigenvalue weighted by molar-refractivity contribution is -0.141. The molecule has 18 heavy (non-hydrogen) atoms. The summed E-state index contributed by atoms with van der Waals surface area (Å²) in [4.78, 5) is 22.5. The first-order valence-electron chi connectivity index (χ1n) is 6.51. The van der Waals surface area contributed by atoms with E-state index < -0.39 is 5.97 Å². The lowest BCUT2D eigenvalue weighted by Gasteiger charge is -2.40. The molecule has 0 spiro atoms. The van der Waals surface area contributed by atoms with E-state index in [1.54, 1.807) is 0 Å². The fourth-order valence-corrected chi connectivity index (χ4v) is 2.65. The number of hydrogen-bond donors (Lipinski definition) is 3. The van der Waals surface area contributed by atoms with Crippen LogP contribution in [0.4, 0.5) is 4.79 Å². The summed E-state index contributed by atoms with van der Waals surface area (Å²) in [6.07, 6.45) is 8.88. The van der Waals surface area contributed by atoms with Crippen molar-refractivity contribution in [3.63, 3.8) is 0 Å². The molecule has 0 unspecified atom stereocenters. The number of aliphatic carboxylic acids is 1. The third kappa shape index (κ3) is 3.24. The number of carbonyl (C=O) groups excluding carboxylic acids is 1. The van der Waals surface area contributed by atoms with Crippen molar-refractivity contribution >= 4 is 12.0 Å². The van der Waals surface area contributed by atoms with Gasteiger partial charge in [-0.1, -0.05) is 18.6 Å². The van der Waals surface area contributed by atoms with Crippen LogP contribution in [-0.2, 0) is 4.79 Å². The van der Waals surface area contributed by atoms with Gasteiger partial charge in [0.1, 0.15) is 0 Å². The summed E-state index contributed by atoms with van der Waals surface area (Å²) in [5.74, 6) is -0.781. The molecule has 2 rings (SSSR count). The summed E-state index contributed by atoms with van der Waals surface area (Å²) in [6, 6.07) is 0.0159. The Morgan fingerprint density at radius 1 is 1.28 bits per heavy atom. The van der Waals surface area contributed by atoms with Gasteiger partial charge in [-0.2, -0.15) is 0 Å². The van der Waals surface area contributed by atoms with Crippen LogP contribution in [0.2, 0.25) is 0 Å². The Hall–Kier alpha value is -1.52. The molecular formula is C13H20N2O3. The fraction of sp³-hybridized carbons (Fsp3) is 0.692. The third-order valence-electron chi connectivity index (χ3n) is 3.91. The second-order valence-corrected chi connectivity index (χ2v) is 5.39. The van der Waals surface area contributed by atoms with E-state index in [2.05, 4.69) is 22.8 Å². The zero-order valence-electron chi connectivity index (χ0n) is 10.4. The predicted molar refractivity (Wildman–Crippen MR) is 67.2 cm³/mol. The molecule has 0 heterocycles. The molecule has 5 nitrogen and oxygen atoms in total. The van der Waals surface area contributed by atoms with Crippen molar-refractivity contribution < 1.29 is 14.7 Å². The third-order valence-corrected chi connectivity index (χ3v) is 3.91. The zero-order valence-corrected chi connectivity index (χ0v) is 10.4. The van der Waals surface area contributed by atoms with Crippen molar-refractivity contribution in [3.8, 4) is 0 Å². The van der Waals surface area contributed by atoms with Crippen molar-refractivity contribution in [2.75, 3.05) is 6.54 Å². The quantitative estimate of drug-likeness (QED) is 0.651. The van der Waals surface area contributed by atoms with Gasteiger partial charge >= 0.3 is 12.0 Å². The van der Waals surface area contributed by atoms with Gasteiger partial charge in [0, 0.05) is 12.6 Å². The van der Waals surface area contributed by atoms with Crippen molar-refractivity contribution in [2.24, 2.45) is 5.41 Å². The Balaban J connectivity index is 1.72. The van der Waals surface area contributed by atoms with Gasteiger partial charge in [-0.15, -0.1) is 0 Å². The van der Waals surface area contributed by atoms with Crippen molar-refractivity contribution in [1.29, 1.82) is 0 Å². The van der Waals surface area contributed by atoms with Crippen LogP contribution in [-0.4, -0.2) is 29.7 Å². The van der Waals surface area contributed by atoms with Crippen LogP contribution >= 0.6 is 0 Å². The van der Waals surface area contributed by atoms with Gasteiger partial charge in [0.25, 0.3) is 0 Å². The number of carboxylic acids is 1. The topological polar surface area (TPSA) is 78.4 Å². The van der Waals surface area contributed by atoms with Crippen LogP contribution in [0.1, 0.15) is 38.5 Å². The lowest BCUT2D eigenvalue weighted by Crippen LogP contribution is -2.48. The van der Waals surface area contributed by atoms with E-state index >= 15 is 0 Å². The number of carbonyl (C=O) groups is 2. The maximum absolute atomic E-state index is 11.7. The maximum atomic E-state index is 11.7. The van der Waals surface area contributed by atoms with Crippen molar-refractivity contribution in [1.82, 2.24) is 10.6 Å². The molecule has 0 saturated heterocycles. The molecule has 0 bridgehead atoms. The normalized spacial score (nSPS) is 21.3. The van der Waals surface area contributed by atoms with Gasteiger partial charge in [0.2, 0.25) is 0 Å². The average molecular weight is 252 g/mol. The molecular weight excluding hydrogens is 232 g/mol. The number of amides is 2. The lowest BCUT2D eigenvalue weighted by atomic mass is 9.66. The highest BCUT2D eigenvalue weighted by atomic mass is 16.4. The molecule has 5 heteroatoms. The first-order valence-corrected chi connectivity index (χ1v) is 6.51. The number of hydrogen-bond acceptors (Lipinski definition) is 2. The van der Waals surface area contributed by atoms with E-state index in [1.165, 1.54) is 0 Å². The number of rotatable bonds is 5. The standard InChI is InChI=1S/C13H20N2O3/c16-11(17)8-13(6-3-7-13)9-14-12(18)15-10-4-1-2-5-10/h1-2,10H,3-9H2,(H,16,17)(H2,14,15,18). The smallest absolute Gasteiger partial charge is 0.315 e. The van der Waals surface area contributed by atoms with Gasteiger partial charge in [0.15, 0.2) is 0 Å². The van der Waals surface area contributed by atoms with Crippen LogP contribution in [0.3, 0.4) is 0 Å². The molecule has 3 N–H and O–H groups in total. The largest absolute Gasteiger partial charge is 0.481 e. The SMILES string of the molecule is O=C(O)CC1(CNC(=O)NC2CC=CC2)CCC1. The zero-order chi connectivity index (χ0) is 13.0. The molecule has 2 aliphatic carbocycles. The molecule has 2 aliphatic rings. The summed E-state index contributed by atoms with van der Waals surface area (Å²) in [5.41, 5.74) is -0.211. The minimum absolute atomic E-state index is 0.151. The highest BCUT2D eigenvalue weighted by Crippen LogP contribution is 2.43. The van der Waals surface area contributed by atoms with Gasteiger partial charge in [-0.3, -0.25) is 4.79 Å². The Morgan fingerprint density at radius 3 is 2.44 bits per heavy atom. The van der Waals surface area contributed by atoms with E-state index in [0.717, 1.165) is 32.1 Å². The molecule has 0 atom stereocenters. The van der Waals surface area contributed by atoms with Crippen LogP contribution in [0.25, 0.3) is 0 Å². The molecule has 0 aromatic carbocycles. The first-order chi connectivity index (χ1) is 8.60. The summed E-state index contributed by atoms with van der Waals surface area (Å²) in [6.45, 7) is 0.464. The first kappa shape index (κ1) is 12.9. The van der Waals surface area contributed by atoms with Gasteiger partial charge in [-0.05, 0) is 31.1 Å². The second kappa shape index (κ2) is 5.42. The molecule has 100 valence electrons. The van der Waals surface area contributed by atoms with E-state index in [0.29, 0.717) is 6.54 Å². The van der Waals surface area contributed by atoms with Crippen molar-refractivity contribution in [3.05, 3.63) is 12.2 Å². The minimum atomic E-state index is -0.781. The summed E-state index contributed by atoms with van der Waals surface area (Å²) in [5, 5.41) is 14.6. The second-order valence-electron chi connectivity index (χ2n) is 5.39. The van der Waals surface area contributed by atoms with Gasteiger partial charge < -0.3 is 15.7 Å². The van der Waals surface area contributed by atoms with Crippen LogP contribution in [0.15, 0.2) is 12.2 Å². The molecule has 1 fully saturated rings. The summed E-state index contributed by atoms with van der Waals surface area (Å²) < 4.78 is 0. The van der Waals surface area contributed by atoms with E-state index in [-0.39, 0.29) is 23.9 Å². The molecule has 0 aromatic heterocycles. The van der Waals surface area contributed by atoms with Gasteiger partial charge in [-0.25, -0.2) is 4.79 Å². The van der Waals surface area contributed by atoms with E-state index in [4.69, 9.17) is 5.11 Å². The Kier molecular flexibility index (Phi) is 3.89. The minimum Gasteiger partial charge on any atom is -0.481 e. The van der Waals surface area contributed by atoms with E-state index in [9.17, 15) is 9.59 Å². The van der Waals surface area contributed by atoms with E-state index in [1.807, 2.05) is 0 Å². The average Bonchev–Trinajstić information content (AvgIpc) is 2.74. The van der Waals surface area contributed by atoms with Gasteiger partial charge in [0.05, 0.1) is 6.42 Å². The van der Waals surface area contributed by atoms with Crippen molar-refractivity contribution in [2.45, 2.75) is 44.6 Å². The fourth-order valence-electron chi connectivity index (χ4n) is 2.65. The molecule has 2 amide bonds. The summed E-state index contributed by atoms with van der Waals surface area (Å²) >= 11 is 0. The highest BCUT2D eigenvalue weighted by Gasteiger charge is 2.39. The molecule has 0 aliphatic heterocycles. The molecule has 0 aromatic rings. The molecule has 1 saturated carbocycles. The number of carboxylic acid groups (broad SMARTS) is 1. The Morgan fingerprint density at radius 2 is 1.94 bits per heavy atom. The monoisotopic (exact) mass is 252 g/mol. The molecule has 0 radical (unpaired) electrons. The predicted octanol–water partition coefficient (Wildman–Crippen LogP) is 1.65. The maximum Gasteiger partial charge on any atom is 0.315 e.